The number of rotatable bonds is 6. The molecule has 0 atom stereocenters. The molecular weight excluding hydrogens is 364 g/mol. The lowest BCUT2D eigenvalue weighted by atomic mass is 10.1. The van der Waals surface area contributed by atoms with Crippen molar-refractivity contribution in [3.05, 3.63) is 59.2 Å². The predicted molar refractivity (Wildman–Crippen MR) is 102 cm³/mol. The number of hydrogen-bond acceptors (Lipinski definition) is 6. The van der Waals surface area contributed by atoms with Crippen LogP contribution < -0.4 is 10.6 Å². The van der Waals surface area contributed by atoms with Gasteiger partial charge >= 0.3 is 11.9 Å². The average Bonchev–Trinajstić information content (AvgIpc) is 2.72. The maximum Gasteiger partial charge on any atom is 0.339 e. The lowest BCUT2D eigenvalue weighted by Gasteiger charge is -2.12. The fraction of sp³-hybridized carbons (Fsp3) is 0.200. The first-order valence-corrected chi connectivity index (χ1v) is 8.41. The maximum absolute atomic E-state index is 12.6. The highest BCUT2D eigenvalue weighted by molar-refractivity contribution is 6.09. The minimum absolute atomic E-state index is 0.0824. The molecule has 0 aliphatic rings. The molecule has 0 fully saturated rings. The summed E-state index contributed by atoms with van der Waals surface area (Å²) >= 11 is 0. The zero-order valence-electron chi connectivity index (χ0n) is 15.7. The number of amides is 2. The molecule has 28 heavy (non-hydrogen) atoms. The van der Waals surface area contributed by atoms with Gasteiger partial charge in [0.05, 0.1) is 31.0 Å². The number of anilines is 2. The van der Waals surface area contributed by atoms with E-state index in [-0.39, 0.29) is 28.3 Å². The molecule has 0 heterocycles. The molecule has 0 saturated carbocycles. The van der Waals surface area contributed by atoms with Gasteiger partial charge in [0, 0.05) is 17.7 Å². The summed E-state index contributed by atoms with van der Waals surface area (Å²) in [4.78, 5) is 47.9. The second kappa shape index (κ2) is 9.31. The van der Waals surface area contributed by atoms with Gasteiger partial charge in [-0.1, -0.05) is 13.0 Å². The zero-order valence-corrected chi connectivity index (χ0v) is 15.7. The number of methoxy groups -OCH3 is 2. The van der Waals surface area contributed by atoms with Crippen LogP contribution in [0.2, 0.25) is 0 Å². The maximum atomic E-state index is 12.6. The first-order chi connectivity index (χ1) is 13.4. The first-order valence-electron chi connectivity index (χ1n) is 8.41. The van der Waals surface area contributed by atoms with Crippen LogP contribution in [0.4, 0.5) is 11.4 Å². The topological polar surface area (TPSA) is 111 Å². The van der Waals surface area contributed by atoms with Crippen molar-refractivity contribution in [3.8, 4) is 0 Å². The van der Waals surface area contributed by atoms with E-state index in [4.69, 9.17) is 4.74 Å². The summed E-state index contributed by atoms with van der Waals surface area (Å²) in [6.07, 6.45) is 0.305. The van der Waals surface area contributed by atoms with E-state index in [1.807, 2.05) is 0 Å². The van der Waals surface area contributed by atoms with Crippen molar-refractivity contribution in [2.45, 2.75) is 13.3 Å². The number of esters is 2. The molecule has 0 aromatic heterocycles. The van der Waals surface area contributed by atoms with Crippen molar-refractivity contribution >= 4 is 35.1 Å². The van der Waals surface area contributed by atoms with Crippen molar-refractivity contribution in [2.75, 3.05) is 24.9 Å². The molecule has 2 rings (SSSR count). The van der Waals surface area contributed by atoms with Crippen molar-refractivity contribution in [1.29, 1.82) is 0 Å². The molecule has 0 saturated heterocycles. The van der Waals surface area contributed by atoms with Crippen LogP contribution >= 0.6 is 0 Å². The highest BCUT2D eigenvalue weighted by Gasteiger charge is 2.18. The summed E-state index contributed by atoms with van der Waals surface area (Å²) in [7, 11) is 2.44. The van der Waals surface area contributed by atoms with Gasteiger partial charge in [0.1, 0.15) is 0 Å². The Hall–Kier alpha value is -3.68. The minimum Gasteiger partial charge on any atom is -0.465 e. The SMILES string of the molecule is CCC(=O)Nc1cccc(C(=O)Nc2cc(C(=O)OC)ccc2C(=O)OC)c1. The Morgan fingerprint density at radius 1 is 0.857 bits per heavy atom. The lowest BCUT2D eigenvalue weighted by molar-refractivity contribution is -0.115. The standard InChI is InChI=1S/C20H20N2O6/c1-4-17(23)21-14-7-5-6-12(10-14)18(24)22-16-11-13(19(25)27-2)8-9-15(16)20(26)28-3/h5-11H,4H2,1-3H3,(H,21,23)(H,22,24). The van der Waals surface area contributed by atoms with Crippen LogP contribution in [0.3, 0.4) is 0 Å². The van der Waals surface area contributed by atoms with Crippen molar-refractivity contribution in [1.82, 2.24) is 0 Å². The highest BCUT2D eigenvalue weighted by atomic mass is 16.5. The van der Waals surface area contributed by atoms with E-state index in [0.29, 0.717) is 12.1 Å². The number of hydrogen-bond donors (Lipinski definition) is 2. The van der Waals surface area contributed by atoms with Crippen LogP contribution in [-0.4, -0.2) is 38.0 Å². The minimum atomic E-state index is -0.671. The molecule has 2 N–H and O–H groups in total. The van der Waals surface area contributed by atoms with E-state index in [0.717, 1.165) is 0 Å². The summed E-state index contributed by atoms with van der Waals surface area (Å²) in [6.45, 7) is 1.72. The lowest BCUT2D eigenvalue weighted by Crippen LogP contribution is -2.17. The Morgan fingerprint density at radius 3 is 2.21 bits per heavy atom. The second-order valence-corrected chi connectivity index (χ2v) is 5.68. The molecule has 0 aliphatic heterocycles. The first kappa shape index (κ1) is 20.6. The van der Waals surface area contributed by atoms with Gasteiger partial charge in [0.2, 0.25) is 5.91 Å². The van der Waals surface area contributed by atoms with Gasteiger partial charge in [-0.15, -0.1) is 0 Å². The quantitative estimate of drug-likeness (QED) is 0.741. The number of nitrogens with one attached hydrogen (secondary N) is 2. The van der Waals surface area contributed by atoms with E-state index in [1.54, 1.807) is 25.1 Å². The van der Waals surface area contributed by atoms with E-state index >= 15 is 0 Å². The fourth-order valence-electron chi connectivity index (χ4n) is 2.36. The molecule has 8 nitrogen and oxygen atoms in total. The predicted octanol–water partition coefficient (Wildman–Crippen LogP) is 2.86. The Bertz CT molecular complexity index is 923. The van der Waals surface area contributed by atoms with Crippen molar-refractivity contribution in [3.63, 3.8) is 0 Å². The smallest absolute Gasteiger partial charge is 0.339 e. The van der Waals surface area contributed by atoms with Crippen LogP contribution in [0.15, 0.2) is 42.5 Å². The van der Waals surface area contributed by atoms with Crippen LogP contribution in [0.5, 0.6) is 0 Å². The van der Waals surface area contributed by atoms with Gasteiger partial charge in [-0.2, -0.15) is 0 Å². The molecular formula is C20H20N2O6. The molecule has 146 valence electrons. The van der Waals surface area contributed by atoms with Crippen molar-refractivity contribution in [2.24, 2.45) is 0 Å². The number of carbonyl (C=O) groups excluding carboxylic acids is 4. The van der Waals surface area contributed by atoms with E-state index in [1.165, 1.54) is 38.5 Å². The van der Waals surface area contributed by atoms with E-state index < -0.39 is 17.8 Å². The summed E-state index contributed by atoms with van der Waals surface area (Å²) in [5, 5.41) is 5.26. The molecule has 0 spiro atoms. The number of benzene rings is 2. The van der Waals surface area contributed by atoms with E-state index in [2.05, 4.69) is 15.4 Å². The van der Waals surface area contributed by atoms with Crippen LogP contribution in [-0.2, 0) is 14.3 Å². The van der Waals surface area contributed by atoms with Crippen molar-refractivity contribution < 1.29 is 28.7 Å². The number of ether oxygens (including phenoxy) is 2. The molecule has 0 aliphatic carbocycles. The molecule has 8 heteroatoms. The van der Waals surface area contributed by atoms with E-state index in [9.17, 15) is 19.2 Å². The average molecular weight is 384 g/mol. The normalized spacial score (nSPS) is 9.96. The summed E-state index contributed by atoms with van der Waals surface area (Å²) in [6, 6.07) is 10.4. The third-order valence-electron chi connectivity index (χ3n) is 3.82. The van der Waals surface area contributed by atoms with Gasteiger partial charge in [0.25, 0.3) is 5.91 Å². The van der Waals surface area contributed by atoms with Crippen LogP contribution in [0, 0.1) is 0 Å². The van der Waals surface area contributed by atoms with Gasteiger partial charge in [0.15, 0.2) is 0 Å². The third kappa shape index (κ3) is 4.94. The fourth-order valence-corrected chi connectivity index (χ4v) is 2.36. The Kier molecular flexibility index (Phi) is 6.86. The molecule has 2 amide bonds. The summed E-state index contributed by atoms with van der Waals surface area (Å²) in [5.41, 5.74) is 1.07. The Balaban J connectivity index is 2.34. The molecule has 2 aromatic carbocycles. The largest absolute Gasteiger partial charge is 0.465 e. The molecule has 2 aromatic rings. The summed E-state index contributed by atoms with van der Waals surface area (Å²) < 4.78 is 9.38. The summed E-state index contributed by atoms with van der Waals surface area (Å²) in [5.74, 6) is -2.00. The highest BCUT2D eigenvalue weighted by Crippen LogP contribution is 2.21. The number of carbonyl (C=O) groups is 4. The molecule has 0 bridgehead atoms. The third-order valence-corrected chi connectivity index (χ3v) is 3.82. The molecule has 0 unspecified atom stereocenters. The van der Waals surface area contributed by atoms with Crippen LogP contribution in [0.1, 0.15) is 44.4 Å². The van der Waals surface area contributed by atoms with Gasteiger partial charge < -0.3 is 20.1 Å². The molecule has 0 radical (unpaired) electrons. The Morgan fingerprint density at radius 2 is 1.57 bits per heavy atom. The zero-order chi connectivity index (χ0) is 20.7. The van der Waals surface area contributed by atoms with Crippen LogP contribution in [0.25, 0.3) is 0 Å². The van der Waals surface area contributed by atoms with Gasteiger partial charge in [-0.25, -0.2) is 9.59 Å². The van der Waals surface area contributed by atoms with Gasteiger partial charge in [-0.3, -0.25) is 9.59 Å². The Labute approximate surface area is 161 Å². The van der Waals surface area contributed by atoms with Gasteiger partial charge in [-0.05, 0) is 36.4 Å². The monoisotopic (exact) mass is 384 g/mol. The second-order valence-electron chi connectivity index (χ2n) is 5.68.